The smallest absolute Gasteiger partial charge is 0.324 e. The number of carbonyl (C=O) groups is 3. The summed E-state index contributed by atoms with van der Waals surface area (Å²) in [6.45, 7) is 1.25. The molecular formula is C23H22N4O5S. The molecule has 0 atom stereocenters. The highest BCUT2D eigenvalue weighted by Crippen LogP contribution is 2.25. The minimum absolute atomic E-state index is 0.0774. The summed E-state index contributed by atoms with van der Waals surface area (Å²) in [5.74, 6) is -0.712. The number of rotatable bonds is 6. The molecule has 0 spiro atoms. The second kappa shape index (κ2) is 9.78. The Morgan fingerprint density at radius 3 is 2.36 bits per heavy atom. The molecule has 170 valence electrons. The van der Waals surface area contributed by atoms with E-state index in [-0.39, 0.29) is 35.7 Å². The van der Waals surface area contributed by atoms with E-state index in [2.05, 4.69) is 5.32 Å². The van der Waals surface area contributed by atoms with Crippen molar-refractivity contribution in [2.24, 2.45) is 0 Å². The molecule has 1 aromatic heterocycles. The van der Waals surface area contributed by atoms with E-state index in [9.17, 15) is 24.5 Å². The molecule has 4 rings (SSSR count). The predicted molar refractivity (Wildman–Crippen MR) is 124 cm³/mol. The number of carbonyl (C=O) groups excluding carboxylic acids is 3. The quantitative estimate of drug-likeness (QED) is 0.443. The Kier molecular flexibility index (Phi) is 6.64. The first-order chi connectivity index (χ1) is 15.9. The van der Waals surface area contributed by atoms with Gasteiger partial charge in [-0.1, -0.05) is 53.8 Å². The van der Waals surface area contributed by atoms with Crippen molar-refractivity contribution in [3.8, 4) is 0 Å². The van der Waals surface area contributed by atoms with Crippen LogP contribution in [-0.2, 0) is 16.0 Å². The van der Waals surface area contributed by atoms with Gasteiger partial charge in [-0.05, 0) is 22.4 Å². The second-order valence-corrected chi connectivity index (χ2v) is 8.72. The molecule has 3 amide bonds. The van der Waals surface area contributed by atoms with E-state index < -0.39 is 4.92 Å². The lowest BCUT2D eigenvalue weighted by molar-refractivity contribution is -0.380. The number of hydrogen-bond donors (Lipinski definition) is 1. The van der Waals surface area contributed by atoms with E-state index in [4.69, 9.17) is 0 Å². The second-order valence-electron chi connectivity index (χ2n) is 7.66. The molecule has 0 radical (unpaired) electrons. The van der Waals surface area contributed by atoms with E-state index in [0.29, 0.717) is 31.1 Å². The van der Waals surface area contributed by atoms with E-state index in [0.717, 1.165) is 27.7 Å². The SMILES string of the molecule is O=C(Cc1cccc2ccccc12)NCC(=O)N1CCN(C(=O)c2ccc([N+](=O)[O-])s2)CC1. The maximum atomic E-state index is 12.5. The molecule has 10 heteroatoms. The molecule has 33 heavy (non-hydrogen) atoms. The van der Waals surface area contributed by atoms with Crippen molar-refractivity contribution in [2.45, 2.75) is 6.42 Å². The van der Waals surface area contributed by atoms with Crippen LogP contribution < -0.4 is 5.32 Å². The summed E-state index contributed by atoms with van der Waals surface area (Å²) in [5.41, 5.74) is 0.902. The van der Waals surface area contributed by atoms with E-state index in [1.807, 2.05) is 42.5 Å². The fraction of sp³-hybridized carbons (Fsp3) is 0.261. The number of piperazine rings is 1. The van der Waals surface area contributed by atoms with Crippen molar-refractivity contribution < 1.29 is 19.3 Å². The van der Waals surface area contributed by atoms with Gasteiger partial charge in [0, 0.05) is 32.2 Å². The summed E-state index contributed by atoms with van der Waals surface area (Å²) in [4.78, 5) is 51.3. The molecule has 2 heterocycles. The highest BCUT2D eigenvalue weighted by atomic mass is 32.1. The number of nitrogens with zero attached hydrogens (tertiary/aromatic N) is 3. The van der Waals surface area contributed by atoms with Crippen LogP contribution in [0.3, 0.4) is 0 Å². The lowest BCUT2D eigenvalue weighted by Gasteiger charge is -2.34. The van der Waals surface area contributed by atoms with Crippen LogP contribution in [0.1, 0.15) is 15.2 Å². The lowest BCUT2D eigenvalue weighted by Crippen LogP contribution is -2.52. The molecule has 2 aromatic carbocycles. The summed E-state index contributed by atoms with van der Waals surface area (Å²) in [5, 5.41) is 15.5. The van der Waals surface area contributed by atoms with Crippen molar-refractivity contribution in [3.05, 3.63) is 75.2 Å². The monoisotopic (exact) mass is 466 g/mol. The van der Waals surface area contributed by atoms with Gasteiger partial charge >= 0.3 is 5.00 Å². The van der Waals surface area contributed by atoms with Crippen molar-refractivity contribution in [2.75, 3.05) is 32.7 Å². The third-order valence-electron chi connectivity index (χ3n) is 5.57. The highest BCUT2D eigenvalue weighted by Gasteiger charge is 2.26. The van der Waals surface area contributed by atoms with E-state index >= 15 is 0 Å². The number of nitrogens with one attached hydrogen (secondary N) is 1. The van der Waals surface area contributed by atoms with Crippen LogP contribution in [0.2, 0.25) is 0 Å². The standard InChI is InChI=1S/C23H22N4O5S/c28-20(14-17-6-3-5-16-4-1-2-7-18(16)17)24-15-21(29)25-10-12-26(13-11-25)23(30)19-8-9-22(33-19)27(31)32/h1-9H,10-15H2,(H,24,28). The number of hydrogen-bond acceptors (Lipinski definition) is 6. The maximum Gasteiger partial charge on any atom is 0.324 e. The Bertz CT molecular complexity index is 1210. The summed E-state index contributed by atoms with van der Waals surface area (Å²) >= 11 is 0.844. The first-order valence-corrected chi connectivity index (χ1v) is 11.3. The van der Waals surface area contributed by atoms with Crippen molar-refractivity contribution in [1.82, 2.24) is 15.1 Å². The normalized spacial score (nSPS) is 13.7. The summed E-state index contributed by atoms with van der Waals surface area (Å²) in [7, 11) is 0. The average molecular weight is 467 g/mol. The van der Waals surface area contributed by atoms with Gasteiger partial charge < -0.3 is 15.1 Å². The van der Waals surface area contributed by atoms with Crippen LogP contribution in [0.15, 0.2) is 54.6 Å². The van der Waals surface area contributed by atoms with Gasteiger partial charge in [0.05, 0.1) is 22.8 Å². The Morgan fingerprint density at radius 2 is 1.64 bits per heavy atom. The molecule has 0 bridgehead atoms. The third kappa shape index (κ3) is 5.17. The Balaban J connectivity index is 1.25. The van der Waals surface area contributed by atoms with Crippen LogP contribution in [0.4, 0.5) is 5.00 Å². The topological polar surface area (TPSA) is 113 Å². The minimum Gasteiger partial charge on any atom is -0.347 e. The number of amides is 3. The molecule has 0 aliphatic carbocycles. The van der Waals surface area contributed by atoms with Gasteiger partial charge in [0.2, 0.25) is 11.8 Å². The van der Waals surface area contributed by atoms with Gasteiger partial charge in [-0.25, -0.2) is 0 Å². The molecule has 1 aliphatic rings. The highest BCUT2D eigenvalue weighted by molar-refractivity contribution is 7.17. The zero-order chi connectivity index (χ0) is 23.4. The number of benzene rings is 2. The van der Waals surface area contributed by atoms with Gasteiger partial charge in [-0.3, -0.25) is 24.5 Å². The van der Waals surface area contributed by atoms with Gasteiger partial charge in [-0.15, -0.1) is 0 Å². The van der Waals surface area contributed by atoms with Crippen LogP contribution in [0.5, 0.6) is 0 Å². The molecule has 1 aliphatic heterocycles. The van der Waals surface area contributed by atoms with Gasteiger partial charge in [0.15, 0.2) is 0 Å². The van der Waals surface area contributed by atoms with Crippen molar-refractivity contribution >= 4 is 44.8 Å². The number of thiophene rings is 1. The summed E-state index contributed by atoms with van der Waals surface area (Å²) in [6, 6.07) is 16.4. The van der Waals surface area contributed by atoms with Crippen LogP contribution >= 0.6 is 11.3 Å². The average Bonchev–Trinajstić information content (AvgIpc) is 3.33. The van der Waals surface area contributed by atoms with Gasteiger partial charge in [0.1, 0.15) is 0 Å². The van der Waals surface area contributed by atoms with Gasteiger partial charge in [-0.2, -0.15) is 0 Å². The van der Waals surface area contributed by atoms with E-state index in [1.165, 1.54) is 12.1 Å². The number of nitro groups is 1. The van der Waals surface area contributed by atoms with Crippen LogP contribution in [-0.4, -0.2) is 65.2 Å². The minimum atomic E-state index is -0.521. The molecule has 9 nitrogen and oxygen atoms in total. The first kappa shape index (κ1) is 22.4. The molecule has 0 saturated carbocycles. The molecule has 1 fully saturated rings. The van der Waals surface area contributed by atoms with Crippen LogP contribution in [0.25, 0.3) is 10.8 Å². The lowest BCUT2D eigenvalue weighted by atomic mass is 10.0. The zero-order valence-electron chi connectivity index (χ0n) is 17.7. The Morgan fingerprint density at radius 1 is 0.939 bits per heavy atom. The van der Waals surface area contributed by atoms with Crippen LogP contribution in [0, 0.1) is 10.1 Å². The molecule has 1 N–H and O–H groups in total. The Hall–Kier alpha value is -3.79. The largest absolute Gasteiger partial charge is 0.347 e. The van der Waals surface area contributed by atoms with Crippen molar-refractivity contribution in [1.29, 1.82) is 0 Å². The first-order valence-electron chi connectivity index (χ1n) is 10.5. The number of fused-ring (bicyclic) bond motifs is 1. The summed E-state index contributed by atoms with van der Waals surface area (Å²) < 4.78 is 0. The van der Waals surface area contributed by atoms with E-state index in [1.54, 1.807) is 9.80 Å². The zero-order valence-corrected chi connectivity index (χ0v) is 18.5. The van der Waals surface area contributed by atoms with Crippen molar-refractivity contribution in [3.63, 3.8) is 0 Å². The fourth-order valence-corrected chi connectivity index (χ4v) is 4.61. The molecule has 0 unspecified atom stereocenters. The molecule has 3 aromatic rings. The summed E-state index contributed by atoms with van der Waals surface area (Å²) in [6.07, 6.45) is 0.184. The molecule has 1 saturated heterocycles. The maximum absolute atomic E-state index is 12.5. The Labute approximate surface area is 193 Å². The third-order valence-corrected chi connectivity index (χ3v) is 6.59. The fourth-order valence-electron chi connectivity index (χ4n) is 3.82. The van der Waals surface area contributed by atoms with Gasteiger partial charge in [0.25, 0.3) is 5.91 Å². The molecular weight excluding hydrogens is 444 g/mol. The predicted octanol–water partition coefficient (Wildman–Crippen LogP) is 2.45.